The fourth-order valence-electron chi connectivity index (χ4n) is 4.80. The monoisotopic (exact) mass is 452 g/mol. The largest absolute Gasteiger partial charge is 0.382 e. The van der Waals surface area contributed by atoms with Gasteiger partial charge in [-0.25, -0.2) is 9.97 Å². The van der Waals surface area contributed by atoms with Crippen molar-refractivity contribution in [3.8, 4) is 22.5 Å². The van der Waals surface area contributed by atoms with Crippen LogP contribution in [0.3, 0.4) is 0 Å². The van der Waals surface area contributed by atoms with Crippen LogP contribution in [-0.2, 0) is 0 Å². The molecule has 172 valence electrons. The van der Waals surface area contributed by atoms with E-state index in [0.29, 0.717) is 17.4 Å². The zero-order valence-corrected chi connectivity index (χ0v) is 19.4. The Morgan fingerprint density at radius 2 is 1.76 bits per heavy atom. The standard InChI is InChI=1S/C27H28N6O/c1-33(2)22-12-6-11-21(22)30-27(34)25-26(28)32-23(17-8-4-3-5-9-17)24(31-25)19-13-14-20-18(16-19)10-7-15-29-20/h3-5,7-10,13-16,21-22H,6,11-12H2,1-2H3,(H2,28,32)(H,30,34). The van der Waals surface area contributed by atoms with E-state index in [0.717, 1.165) is 41.3 Å². The second-order valence-electron chi connectivity index (χ2n) is 8.97. The van der Waals surface area contributed by atoms with Crippen LogP contribution in [0.2, 0.25) is 0 Å². The third-order valence-corrected chi connectivity index (χ3v) is 6.52. The Labute approximate surface area is 199 Å². The minimum absolute atomic E-state index is 0.0627. The fraction of sp³-hybridized carbons (Fsp3) is 0.259. The minimum Gasteiger partial charge on any atom is -0.382 e. The van der Waals surface area contributed by atoms with Gasteiger partial charge >= 0.3 is 0 Å². The molecule has 0 spiro atoms. The number of nitrogen functional groups attached to an aromatic ring is 1. The average molecular weight is 453 g/mol. The zero-order chi connectivity index (χ0) is 23.7. The van der Waals surface area contributed by atoms with Crippen molar-refractivity contribution in [3.63, 3.8) is 0 Å². The first-order valence-electron chi connectivity index (χ1n) is 11.6. The molecule has 34 heavy (non-hydrogen) atoms. The number of hydrogen-bond acceptors (Lipinski definition) is 6. The number of carbonyl (C=O) groups excluding carboxylic acids is 1. The van der Waals surface area contributed by atoms with E-state index < -0.39 is 0 Å². The van der Waals surface area contributed by atoms with Crippen LogP contribution in [-0.4, -0.2) is 51.9 Å². The maximum absolute atomic E-state index is 13.3. The van der Waals surface area contributed by atoms with Crippen LogP contribution in [0.4, 0.5) is 5.82 Å². The summed E-state index contributed by atoms with van der Waals surface area (Å²) in [4.78, 5) is 29.4. The van der Waals surface area contributed by atoms with E-state index in [1.165, 1.54) is 0 Å². The van der Waals surface area contributed by atoms with Gasteiger partial charge in [-0.3, -0.25) is 9.78 Å². The average Bonchev–Trinajstić information content (AvgIpc) is 3.32. The topological polar surface area (TPSA) is 97.0 Å². The first kappa shape index (κ1) is 22.0. The third-order valence-electron chi connectivity index (χ3n) is 6.52. The maximum atomic E-state index is 13.3. The van der Waals surface area contributed by atoms with Gasteiger partial charge in [-0.1, -0.05) is 42.5 Å². The molecule has 2 unspecified atom stereocenters. The highest BCUT2D eigenvalue weighted by atomic mass is 16.2. The molecule has 0 radical (unpaired) electrons. The van der Waals surface area contributed by atoms with Gasteiger partial charge in [-0.2, -0.15) is 0 Å². The zero-order valence-electron chi connectivity index (χ0n) is 19.4. The van der Waals surface area contributed by atoms with Gasteiger partial charge in [-0.05, 0) is 51.6 Å². The van der Waals surface area contributed by atoms with Gasteiger partial charge in [0.2, 0.25) is 0 Å². The molecule has 0 aliphatic heterocycles. The van der Waals surface area contributed by atoms with Gasteiger partial charge in [0.25, 0.3) is 5.91 Å². The summed E-state index contributed by atoms with van der Waals surface area (Å²) in [6.07, 6.45) is 4.85. The quantitative estimate of drug-likeness (QED) is 0.472. The van der Waals surface area contributed by atoms with E-state index in [4.69, 9.17) is 10.7 Å². The molecule has 2 heterocycles. The van der Waals surface area contributed by atoms with Crippen molar-refractivity contribution in [2.24, 2.45) is 0 Å². The van der Waals surface area contributed by atoms with Crippen molar-refractivity contribution >= 4 is 22.6 Å². The van der Waals surface area contributed by atoms with E-state index in [9.17, 15) is 4.79 Å². The van der Waals surface area contributed by atoms with Gasteiger partial charge < -0.3 is 16.0 Å². The molecule has 4 aromatic rings. The first-order chi connectivity index (χ1) is 16.5. The predicted molar refractivity (Wildman–Crippen MR) is 135 cm³/mol. The molecule has 7 heteroatoms. The molecule has 1 saturated carbocycles. The van der Waals surface area contributed by atoms with Gasteiger partial charge in [0, 0.05) is 34.8 Å². The lowest BCUT2D eigenvalue weighted by Crippen LogP contribution is -2.46. The minimum atomic E-state index is -0.285. The molecule has 7 nitrogen and oxygen atoms in total. The second-order valence-corrected chi connectivity index (χ2v) is 8.97. The number of nitrogens with one attached hydrogen (secondary N) is 1. The molecular formula is C27H28N6O. The normalized spacial score (nSPS) is 17.9. The number of likely N-dealkylation sites (N-methyl/N-ethyl adjacent to an activating group) is 1. The van der Waals surface area contributed by atoms with Crippen molar-refractivity contribution in [2.75, 3.05) is 19.8 Å². The van der Waals surface area contributed by atoms with Gasteiger partial charge in [-0.15, -0.1) is 0 Å². The highest BCUT2D eigenvalue weighted by molar-refractivity contribution is 5.98. The smallest absolute Gasteiger partial charge is 0.274 e. The molecule has 1 aliphatic rings. The first-order valence-corrected chi connectivity index (χ1v) is 11.6. The van der Waals surface area contributed by atoms with Crippen LogP contribution < -0.4 is 11.1 Å². The van der Waals surface area contributed by atoms with Crippen molar-refractivity contribution < 1.29 is 4.79 Å². The van der Waals surface area contributed by atoms with Crippen molar-refractivity contribution in [1.82, 2.24) is 25.2 Å². The molecule has 0 saturated heterocycles. The lowest BCUT2D eigenvalue weighted by Gasteiger charge is -2.27. The number of rotatable bonds is 5. The fourth-order valence-corrected chi connectivity index (χ4v) is 4.80. The number of amides is 1. The molecule has 1 amide bonds. The summed E-state index contributed by atoms with van der Waals surface area (Å²) in [5, 5.41) is 4.15. The van der Waals surface area contributed by atoms with E-state index in [1.54, 1.807) is 6.20 Å². The van der Waals surface area contributed by atoms with E-state index >= 15 is 0 Å². The summed E-state index contributed by atoms with van der Waals surface area (Å²) >= 11 is 0. The lowest BCUT2D eigenvalue weighted by molar-refractivity contribution is 0.0915. The van der Waals surface area contributed by atoms with Gasteiger partial charge in [0.15, 0.2) is 11.5 Å². The van der Waals surface area contributed by atoms with Gasteiger partial charge in [0.1, 0.15) is 0 Å². The van der Waals surface area contributed by atoms with Crippen molar-refractivity contribution in [1.29, 1.82) is 0 Å². The number of fused-ring (bicyclic) bond motifs is 1. The van der Waals surface area contributed by atoms with Crippen LogP contribution in [0, 0.1) is 0 Å². The summed E-state index contributed by atoms with van der Waals surface area (Å²) in [7, 11) is 4.09. The van der Waals surface area contributed by atoms with Gasteiger partial charge in [0.05, 0.1) is 16.9 Å². The Balaban J connectivity index is 1.59. The number of nitrogens with zero attached hydrogens (tertiary/aromatic N) is 4. The SMILES string of the molecule is CN(C)C1CCCC1NC(=O)c1nc(-c2ccc3ncccc3c2)c(-c2ccccc2)nc1N. The molecule has 2 aromatic carbocycles. The summed E-state index contributed by atoms with van der Waals surface area (Å²) < 4.78 is 0. The summed E-state index contributed by atoms with van der Waals surface area (Å²) in [5.41, 5.74) is 10.4. The van der Waals surface area contributed by atoms with E-state index in [-0.39, 0.29) is 23.5 Å². The number of pyridine rings is 1. The van der Waals surface area contributed by atoms with Crippen LogP contribution in [0.1, 0.15) is 29.8 Å². The summed E-state index contributed by atoms with van der Waals surface area (Å²) in [6.45, 7) is 0. The van der Waals surface area contributed by atoms with Crippen LogP contribution in [0.5, 0.6) is 0 Å². The lowest BCUT2D eigenvalue weighted by atomic mass is 10.0. The summed E-state index contributed by atoms with van der Waals surface area (Å²) in [6, 6.07) is 20.0. The van der Waals surface area contributed by atoms with E-state index in [1.807, 2.05) is 74.8 Å². The molecule has 5 rings (SSSR count). The molecule has 0 bridgehead atoms. The molecule has 1 fully saturated rings. The van der Waals surface area contributed by atoms with Crippen molar-refractivity contribution in [2.45, 2.75) is 31.3 Å². The van der Waals surface area contributed by atoms with E-state index in [2.05, 4.69) is 20.2 Å². The highest BCUT2D eigenvalue weighted by Crippen LogP contribution is 2.32. The Morgan fingerprint density at radius 1 is 0.971 bits per heavy atom. The third kappa shape index (κ3) is 4.22. The molecular weight excluding hydrogens is 424 g/mol. The molecule has 1 aliphatic carbocycles. The van der Waals surface area contributed by atoms with Crippen LogP contribution in [0.15, 0.2) is 66.9 Å². The molecule has 3 N–H and O–H groups in total. The molecule has 2 aromatic heterocycles. The Kier molecular flexibility index (Phi) is 5.94. The number of nitrogens with two attached hydrogens (primary N) is 1. The number of hydrogen-bond donors (Lipinski definition) is 2. The maximum Gasteiger partial charge on any atom is 0.274 e. The van der Waals surface area contributed by atoms with Crippen LogP contribution in [0.25, 0.3) is 33.4 Å². The number of aromatic nitrogens is 3. The summed E-state index contributed by atoms with van der Waals surface area (Å²) in [5.74, 6) is -0.158. The van der Waals surface area contributed by atoms with Crippen molar-refractivity contribution in [3.05, 3.63) is 72.6 Å². The number of carbonyl (C=O) groups is 1. The Bertz CT molecular complexity index is 1340. The molecule has 2 atom stereocenters. The highest BCUT2D eigenvalue weighted by Gasteiger charge is 2.31. The van der Waals surface area contributed by atoms with Crippen LogP contribution >= 0.6 is 0 Å². The Hall–Kier alpha value is -3.84. The second kappa shape index (κ2) is 9.19. The number of anilines is 1. The predicted octanol–water partition coefficient (Wildman–Crippen LogP) is 4.15. The Morgan fingerprint density at radius 3 is 2.56 bits per heavy atom. The number of benzene rings is 2.